The summed E-state index contributed by atoms with van der Waals surface area (Å²) in [6, 6.07) is 7.92. The predicted molar refractivity (Wildman–Crippen MR) is 110 cm³/mol. The molecule has 1 N–H and O–H groups in total. The van der Waals surface area contributed by atoms with Crippen molar-refractivity contribution in [3.05, 3.63) is 51.3 Å². The summed E-state index contributed by atoms with van der Waals surface area (Å²) in [5, 5.41) is 9.64. The Morgan fingerprint density at radius 1 is 1.21 bits per heavy atom. The number of amides is 1. The fourth-order valence-corrected chi connectivity index (χ4v) is 4.63. The van der Waals surface area contributed by atoms with Crippen LogP contribution in [0, 0.1) is 0 Å². The molecule has 1 amide bonds. The zero-order valence-corrected chi connectivity index (χ0v) is 17.1. The average Bonchev–Trinajstić information content (AvgIpc) is 3.31. The molecule has 0 aliphatic heterocycles. The van der Waals surface area contributed by atoms with Gasteiger partial charge >= 0.3 is 0 Å². The number of methoxy groups -OCH3 is 2. The second kappa shape index (κ2) is 7.67. The van der Waals surface area contributed by atoms with Gasteiger partial charge in [0.2, 0.25) is 0 Å². The van der Waals surface area contributed by atoms with E-state index in [1.165, 1.54) is 10.4 Å². The molecule has 1 aromatic carbocycles. The highest BCUT2D eigenvalue weighted by molar-refractivity contribution is 7.10. The first-order chi connectivity index (χ1) is 13.6. The molecule has 1 aliphatic carbocycles. The minimum absolute atomic E-state index is 0.115. The molecule has 7 heteroatoms. The average molecular weight is 398 g/mol. The standard InChI is InChI=1S/C21H23N3O3S/c1-24-20-14-9-11-28-18(14)7-5-15(20)19(23-24)21(25)22-10-8-13-4-6-16(26-2)17(12-13)27-3/h4,6,9,11-12H,5,7-8,10H2,1-3H3,(H,22,25). The maximum Gasteiger partial charge on any atom is 0.272 e. The molecule has 0 bridgehead atoms. The van der Waals surface area contributed by atoms with Gasteiger partial charge in [0.05, 0.1) is 19.9 Å². The number of nitrogens with zero attached hydrogens (tertiary/aromatic N) is 2. The number of carbonyl (C=O) groups is 1. The van der Waals surface area contributed by atoms with Crippen LogP contribution < -0.4 is 14.8 Å². The van der Waals surface area contributed by atoms with Gasteiger partial charge in [-0.3, -0.25) is 9.48 Å². The van der Waals surface area contributed by atoms with Gasteiger partial charge < -0.3 is 14.8 Å². The summed E-state index contributed by atoms with van der Waals surface area (Å²) in [4.78, 5) is 14.1. The van der Waals surface area contributed by atoms with Crippen LogP contribution >= 0.6 is 11.3 Å². The molecule has 146 valence electrons. The second-order valence-corrected chi connectivity index (χ2v) is 7.75. The zero-order chi connectivity index (χ0) is 19.7. The summed E-state index contributed by atoms with van der Waals surface area (Å²) in [5.74, 6) is 1.27. The van der Waals surface area contributed by atoms with Gasteiger partial charge in [0.1, 0.15) is 0 Å². The molecule has 0 unspecified atom stereocenters. The number of thiophene rings is 1. The van der Waals surface area contributed by atoms with Crippen LogP contribution in [0.4, 0.5) is 0 Å². The number of aryl methyl sites for hydroxylation is 2. The van der Waals surface area contributed by atoms with Crippen LogP contribution in [0.3, 0.4) is 0 Å². The van der Waals surface area contributed by atoms with Crippen molar-refractivity contribution in [1.29, 1.82) is 0 Å². The summed E-state index contributed by atoms with van der Waals surface area (Å²) < 4.78 is 12.4. The molecule has 1 aliphatic rings. The number of hydrogen-bond donors (Lipinski definition) is 1. The third kappa shape index (κ3) is 3.26. The van der Waals surface area contributed by atoms with Crippen molar-refractivity contribution in [1.82, 2.24) is 15.1 Å². The number of hydrogen-bond acceptors (Lipinski definition) is 5. The number of aromatic nitrogens is 2. The topological polar surface area (TPSA) is 65.4 Å². The van der Waals surface area contributed by atoms with Crippen molar-refractivity contribution < 1.29 is 14.3 Å². The lowest BCUT2D eigenvalue weighted by Crippen LogP contribution is -2.27. The van der Waals surface area contributed by atoms with Crippen molar-refractivity contribution in [2.75, 3.05) is 20.8 Å². The highest BCUT2D eigenvalue weighted by Crippen LogP contribution is 2.37. The van der Waals surface area contributed by atoms with Crippen LogP contribution in [0.15, 0.2) is 29.6 Å². The Balaban J connectivity index is 1.45. The highest BCUT2D eigenvalue weighted by Gasteiger charge is 2.27. The van der Waals surface area contributed by atoms with Crippen molar-refractivity contribution in [3.63, 3.8) is 0 Å². The Kier molecular flexibility index (Phi) is 5.09. The Bertz CT molecular complexity index is 1020. The first-order valence-corrected chi connectivity index (χ1v) is 10.1. The lowest BCUT2D eigenvalue weighted by molar-refractivity contribution is 0.0947. The quantitative estimate of drug-likeness (QED) is 0.694. The number of fused-ring (bicyclic) bond motifs is 3. The molecule has 0 spiro atoms. The van der Waals surface area contributed by atoms with Gasteiger partial charge in [0.25, 0.3) is 5.91 Å². The largest absolute Gasteiger partial charge is 0.493 e. The Hall–Kier alpha value is -2.80. The SMILES string of the molecule is COc1ccc(CCNC(=O)c2nn(C)c3c2CCc2sccc2-3)cc1OC. The van der Waals surface area contributed by atoms with E-state index >= 15 is 0 Å². The summed E-state index contributed by atoms with van der Waals surface area (Å²) in [6.07, 6.45) is 2.53. The van der Waals surface area contributed by atoms with Crippen molar-refractivity contribution in [2.24, 2.45) is 7.05 Å². The lowest BCUT2D eigenvalue weighted by atomic mass is 9.94. The maximum atomic E-state index is 12.8. The smallest absolute Gasteiger partial charge is 0.272 e. The number of rotatable bonds is 6. The molecule has 0 fully saturated rings. The van der Waals surface area contributed by atoms with Gasteiger partial charge in [-0.25, -0.2) is 0 Å². The number of carbonyl (C=O) groups excluding carboxylic acids is 1. The number of ether oxygens (including phenoxy) is 2. The highest BCUT2D eigenvalue weighted by atomic mass is 32.1. The van der Waals surface area contributed by atoms with Gasteiger partial charge in [0, 0.05) is 29.6 Å². The minimum Gasteiger partial charge on any atom is -0.493 e. The van der Waals surface area contributed by atoms with E-state index in [-0.39, 0.29) is 5.91 Å². The van der Waals surface area contributed by atoms with E-state index in [9.17, 15) is 4.79 Å². The van der Waals surface area contributed by atoms with Crippen molar-refractivity contribution in [2.45, 2.75) is 19.3 Å². The van der Waals surface area contributed by atoms with E-state index in [1.54, 1.807) is 25.6 Å². The molecule has 0 radical (unpaired) electrons. The molecule has 0 saturated heterocycles. The van der Waals surface area contributed by atoms with Crippen LogP contribution in [0.1, 0.15) is 26.5 Å². The zero-order valence-electron chi connectivity index (χ0n) is 16.2. The first kappa shape index (κ1) is 18.6. The van der Waals surface area contributed by atoms with Crippen LogP contribution in [0.2, 0.25) is 0 Å². The second-order valence-electron chi connectivity index (χ2n) is 6.75. The minimum atomic E-state index is -0.115. The molecular weight excluding hydrogens is 374 g/mol. The Morgan fingerprint density at radius 3 is 2.82 bits per heavy atom. The van der Waals surface area contributed by atoms with Crippen LogP contribution in [0.5, 0.6) is 11.5 Å². The van der Waals surface area contributed by atoms with Crippen LogP contribution in [0.25, 0.3) is 11.3 Å². The molecule has 28 heavy (non-hydrogen) atoms. The molecule has 6 nitrogen and oxygen atoms in total. The van der Waals surface area contributed by atoms with E-state index in [0.717, 1.165) is 29.7 Å². The van der Waals surface area contributed by atoms with E-state index in [0.29, 0.717) is 30.2 Å². The van der Waals surface area contributed by atoms with E-state index < -0.39 is 0 Å². The fraction of sp³-hybridized carbons (Fsp3) is 0.333. The normalized spacial score (nSPS) is 12.2. The molecule has 3 aromatic rings. The van der Waals surface area contributed by atoms with Gasteiger partial charge in [-0.2, -0.15) is 5.10 Å². The Morgan fingerprint density at radius 2 is 2.04 bits per heavy atom. The molecule has 0 atom stereocenters. The predicted octanol–water partition coefficient (Wildman–Crippen LogP) is 3.24. The summed E-state index contributed by atoms with van der Waals surface area (Å²) >= 11 is 1.77. The van der Waals surface area contributed by atoms with Gasteiger partial charge in [-0.05, 0) is 48.4 Å². The first-order valence-electron chi connectivity index (χ1n) is 9.24. The van der Waals surface area contributed by atoms with E-state index in [4.69, 9.17) is 9.47 Å². The Labute approximate surface area is 168 Å². The lowest BCUT2D eigenvalue weighted by Gasteiger charge is -2.14. The maximum absolute atomic E-state index is 12.8. The van der Waals surface area contributed by atoms with Gasteiger partial charge in [0.15, 0.2) is 17.2 Å². The molecule has 0 saturated carbocycles. The summed E-state index contributed by atoms with van der Waals surface area (Å²) in [7, 11) is 5.14. The van der Waals surface area contributed by atoms with Crippen LogP contribution in [-0.2, 0) is 26.3 Å². The van der Waals surface area contributed by atoms with Crippen molar-refractivity contribution >= 4 is 17.2 Å². The third-order valence-electron chi connectivity index (χ3n) is 5.11. The van der Waals surface area contributed by atoms with Gasteiger partial charge in [-0.15, -0.1) is 11.3 Å². The van der Waals surface area contributed by atoms with Gasteiger partial charge in [-0.1, -0.05) is 6.07 Å². The fourth-order valence-electron chi connectivity index (χ4n) is 3.75. The van der Waals surface area contributed by atoms with E-state index in [2.05, 4.69) is 21.9 Å². The van der Waals surface area contributed by atoms with Crippen molar-refractivity contribution in [3.8, 4) is 22.8 Å². The molecule has 2 aromatic heterocycles. The summed E-state index contributed by atoms with van der Waals surface area (Å²) in [6.45, 7) is 0.531. The van der Waals surface area contributed by atoms with Crippen LogP contribution in [-0.4, -0.2) is 36.5 Å². The number of benzene rings is 1. The third-order valence-corrected chi connectivity index (χ3v) is 6.09. The number of nitrogens with one attached hydrogen (secondary N) is 1. The monoisotopic (exact) mass is 397 g/mol. The molecule has 2 heterocycles. The molecule has 4 rings (SSSR count). The summed E-state index contributed by atoms with van der Waals surface area (Å²) in [5.41, 5.74) is 4.96. The van der Waals surface area contributed by atoms with E-state index in [1.807, 2.05) is 29.9 Å². The molecular formula is C21H23N3O3S.